The topological polar surface area (TPSA) is 81.4 Å². The molecule has 0 aliphatic heterocycles. The van der Waals surface area contributed by atoms with Crippen molar-refractivity contribution in [3.63, 3.8) is 0 Å². The van der Waals surface area contributed by atoms with Crippen LogP contribution in [0.3, 0.4) is 0 Å². The number of ether oxygens (including phenoxy) is 1. The van der Waals surface area contributed by atoms with Crippen LogP contribution in [-0.4, -0.2) is 40.0 Å². The standard InChI is InChI=1S/C10H24N2O3S/c1-4-5-6-10(7-11)12-16(13,14)9(2)8-15-3/h9-10,12H,4-8,11H2,1-3H3. The minimum absolute atomic E-state index is 0.163. The van der Waals surface area contributed by atoms with Gasteiger partial charge in [0, 0.05) is 19.7 Å². The molecular formula is C10H24N2O3S. The Kier molecular flexibility index (Phi) is 7.91. The third-order valence-electron chi connectivity index (χ3n) is 2.45. The highest BCUT2D eigenvalue weighted by Crippen LogP contribution is 2.05. The SMILES string of the molecule is CCCCC(CN)NS(=O)(=O)C(C)COC. The number of nitrogens with two attached hydrogens (primary N) is 1. The summed E-state index contributed by atoms with van der Waals surface area (Å²) < 4.78 is 31.1. The Hall–Kier alpha value is -0.170. The summed E-state index contributed by atoms with van der Waals surface area (Å²) >= 11 is 0. The predicted octanol–water partition coefficient (Wildman–Crippen LogP) is 0.458. The van der Waals surface area contributed by atoms with Crippen LogP contribution in [0.4, 0.5) is 0 Å². The Labute approximate surface area is 98.8 Å². The monoisotopic (exact) mass is 252 g/mol. The smallest absolute Gasteiger partial charge is 0.216 e. The van der Waals surface area contributed by atoms with Crippen molar-refractivity contribution >= 4 is 10.0 Å². The summed E-state index contributed by atoms with van der Waals surface area (Å²) in [5, 5.41) is -0.548. The molecular weight excluding hydrogens is 228 g/mol. The molecule has 0 bridgehead atoms. The van der Waals surface area contributed by atoms with Gasteiger partial charge >= 0.3 is 0 Å². The van der Waals surface area contributed by atoms with Crippen molar-refractivity contribution in [3.05, 3.63) is 0 Å². The van der Waals surface area contributed by atoms with E-state index >= 15 is 0 Å². The zero-order valence-electron chi connectivity index (χ0n) is 10.4. The largest absolute Gasteiger partial charge is 0.383 e. The second-order valence-electron chi connectivity index (χ2n) is 4.00. The number of sulfonamides is 1. The van der Waals surface area contributed by atoms with E-state index < -0.39 is 15.3 Å². The second kappa shape index (κ2) is 8.00. The lowest BCUT2D eigenvalue weighted by Crippen LogP contribution is -2.44. The highest BCUT2D eigenvalue weighted by atomic mass is 32.2. The van der Waals surface area contributed by atoms with E-state index in [4.69, 9.17) is 10.5 Å². The molecule has 98 valence electrons. The van der Waals surface area contributed by atoms with Gasteiger partial charge in [-0.3, -0.25) is 0 Å². The van der Waals surface area contributed by atoms with Crippen LogP contribution >= 0.6 is 0 Å². The third-order valence-corrected chi connectivity index (χ3v) is 4.31. The fraction of sp³-hybridized carbons (Fsp3) is 1.00. The van der Waals surface area contributed by atoms with Gasteiger partial charge in [-0.25, -0.2) is 13.1 Å². The molecule has 0 aliphatic carbocycles. The van der Waals surface area contributed by atoms with Gasteiger partial charge in [0.1, 0.15) is 0 Å². The summed E-state index contributed by atoms with van der Waals surface area (Å²) in [5.74, 6) is 0. The summed E-state index contributed by atoms with van der Waals surface area (Å²) in [6.45, 7) is 4.22. The Morgan fingerprint density at radius 3 is 2.50 bits per heavy atom. The van der Waals surface area contributed by atoms with Crippen LogP contribution in [0, 0.1) is 0 Å². The Balaban J connectivity index is 4.30. The lowest BCUT2D eigenvalue weighted by Gasteiger charge is -2.19. The van der Waals surface area contributed by atoms with Crippen LogP contribution in [0.5, 0.6) is 0 Å². The first-order chi connectivity index (χ1) is 7.47. The molecule has 0 aromatic rings. The first-order valence-electron chi connectivity index (χ1n) is 5.68. The van der Waals surface area contributed by atoms with Gasteiger partial charge < -0.3 is 10.5 Å². The van der Waals surface area contributed by atoms with Gasteiger partial charge in [0.25, 0.3) is 0 Å². The minimum Gasteiger partial charge on any atom is -0.383 e. The minimum atomic E-state index is -3.32. The zero-order chi connectivity index (χ0) is 12.6. The average molecular weight is 252 g/mol. The fourth-order valence-corrected chi connectivity index (χ4v) is 2.57. The summed E-state index contributed by atoms with van der Waals surface area (Å²) in [4.78, 5) is 0. The molecule has 0 aromatic carbocycles. The van der Waals surface area contributed by atoms with E-state index in [-0.39, 0.29) is 12.6 Å². The summed E-state index contributed by atoms with van der Waals surface area (Å²) in [6, 6.07) is -0.163. The van der Waals surface area contributed by atoms with Gasteiger partial charge in [-0.1, -0.05) is 19.8 Å². The quantitative estimate of drug-likeness (QED) is 0.624. The molecule has 0 spiro atoms. The van der Waals surface area contributed by atoms with E-state index in [1.807, 2.05) is 0 Å². The molecule has 0 saturated heterocycles. The van der Waals surface area contributed by atoms with Crippen molar-refractivity contribution in [2.45, 2.75) is 44.4 Å². The van der Waals surface area contributed by atoms with Gasteiger partial charge in [0.2, 0.25) is 10.0 Å². The molecule has 0 aliphatic rings. The van der Waals surface area contributed by atoms with Crippen molar-refractivity contribution in [1.29, 1.82) is 0 Å². The van der Waals surface area contributed by atoms with E-state index in [2.05, 4.69) is 11.6 Å². The van der Waals surface area contributed by atoms with Crippen molar-refractivity contribution in [1.82, 2.24) is 4.72 Å². The second-order valence-corrected chi connectivity index (χ2v) is 6.13. The lowest BCUT2D eigenvalue weighted by molar-refractivity contribution is 0.200. The van der Waals surface area contributed by atoms with Crippen LogP contribution in [0.25, 0.3) is 0 Å². The molecule has 6 heteroatoms. The molecule has 0 rings (SSSR count). The van der Waals surface area contributed by atoms with E-state index in [9.17, 15) is 8.42 Å². The van der Waals surface area contributed by atoms with E-state index in [1.54, 1.807) is 6.92 Å². The molecule has 0 heterocycles. The summed E-state index contributed by atoms with van der Waals surface area (Å²) in [6.07, 6.45) is 2.79. The molecule has 0 amide bonds. The van der Waals surface area contributed by atoms with Crippen molar-refractivity contribution in [2.24, 2.45) is 5.73 Å². The number of unbranched alkanes of at least 4 members (excludes halogenated alkanes) is 1. The number of rotatable bonds is 9. The van der Waals surface area contributed by atoms with Crippen LogP contribution in [0.15, 0.2) is 0 Å². The first kappa shape index (κ1) is 15.8. The Morgan fingerprint density at radius 1 is 1.44 bits per heavy atom. The Morgan fingerprint density at radius 2 is 2.06 bits per heavy atom. The molecule has 0 aromatic heterocycles. The average Bonchev–Trinajstić information content (AvgIpc) is 2.24. The van der Waals surface area contributed by atoms with E-state index in [0.717, 1.165) is 19.3 Å². The van der Waals surface area contributed by atoms with Crippen molar-refractivity contribution < 1.29 is 13.2 Å². The zero-order valence-corrected chi connectivity index (χ0v) is 11.2. The van der Waals surface area contributed by atoms with Crippen LogP contribution < -0.4 is 10.5 Å². The highest BCUT2D eigenvalue weighted by Gasteiger charge is 2.23. The number of methoxy groups -OCH3 is 1. The molecule has 0 saturated carbocycles. The predicted molar refractivity (Wildman–Crippen MR) is 65.8 cm³/mol. The summed E-state index contributed by atoms with van der Waals surface area (Å²) in [5.41, 5.74) is 5.54. The fourth-order valence-electron chi connectivity index (χ4n) is 1.35. The van der Waals surface area contributed by atoms with Gasteiger partial charge in [-0.15, -0.1) is 0 Å². The lowest BCUT2D eigenvalue weighted by atomic mass is 10.1. The van der Waals surface area contributed by atoms with Gasteiger partial charge in [0.15, 0.2) is 0 Å². The van der Waals surface area contributed by atoms with Gasteiger partial charge in [-0.2, -0.15) is 0 Å². The van der Waals surface area contributed by atoms with E-state index in [1.165, 1.54) is 7.11 Å². The molecule has 0 radical (unpaired) electrons. The molecule has 2 atom stereocenters. The number of nitrogens with one attached hydrogen (secondary N) is 1. The summed E-state index contributed by atoms with van der Waals surface area (Å²) in [7, 11) is -1.83. The maximum Gasteiger partial charge on any atom is 0.216 e. The maximum absolute atomic E-state index is 11.8. The number of hydrogen-bond acceptors (Lipinski definition) is 4. The maximum atomic E-state index is 11.8. The molecule has 2 unspecified atom stereocenters. The van der Waals surface area contributed by atoms with Crippen LogP contribution in [-0.2, 0) is 14.8 Å². The first-order valence-corrected chi connectivity index (χ1v) is 7.22. The molecule has 5 nitrogen and oxygen atoms in total. The van der Waals surface area contributed by atoms with Crippen LogP contribution in [0.1, 0.15) is 33.1 Å². The molecule has 0 fully saturated rings. The normalized spacial score (nSPS) is 16.0. The third kappa shape index (κ3) is 5.79. The van der Waals surface area contributed by atoms with E-state index in [0.29, 0.717) is 6.54 Å². The number of hydrogen-bond donors (Lipinski definition) is 2. The van der Waals surface area contributed by atoms with Gasteiger partial charge in [0.05, 0.1) is 11.9 Å². The molecule has 3 N–H and O–H groups in total. The van der Waals surface area contributed by atoms with Gasteiger partial charge in [-0.05, 0) is 13.3 Å². The highest BCUT2D eigenvalue weighted by molar-refractivity contribution is 7.90. The Bertz CT molecular complexity index is 267. The van der Waals surface area contributed by atoms with Crippen molar-refractivity contribution in [2.75, 3.05) is 20.3 Å². The molecule has 16 heavy (non-hydrogen) atoms. The van der Waals surface area contributed by atoms with Crippen LogP contribution in [0.2, 0.25) is 0 Å². The van der Waals surface area contributed by atoms with Crippen molar-refractivity contribution in [3.8, 4) is 0 Å².